The summed E-state index contributed by atoms with van der Waals surface area (Å²) < 4.78 is 45.1. The second kappa shape index (κ2) is 11.1. The van der Waals surface area contributed by atoms with Gasteiger partial charge in [-0.05, 0) is 38.1 Å². The number of nitrogens with one attached hydrogen (secondary N) is 1. The number of para-hydroxylation sites is 1. The molecule has 3 aromatic rings. The lowest BCUT2D eigenvalue weighted by molar-refractivity contribution is -0.137. The van der Waals surface area contributed by atoms with Crippen molar-refractivity contribution in [3.8, 4) is 5.75 Å². The number of amides is 2. The first kappa shape index (κ1) is 25.2. The number of benzene rings is 2. The maximum absolute atomic E-state index is 13.1. The van der Waals surface area contributed by atoms with Crippen molar-refractivity contribution in [2.45, 2.75) is 33.1 Å². The van der Waals surface area contributed by atoms with Crippen molar-refractivity contribution >= 4 is 28.8 Å². The molecule has 0 fully saturated rings. The molecule has 0 saturated carbocycles. The van der Waals surface area contributed by atoms with Gasteiger partial charge in [0.1, 0.15) is 17.4 Å². The quantitative estimate of drug-likeness (QED) is 0.453. The summed E-state index contributed by atoms with van der Waals surface area (Å²) >= 11 is 1.36. The van der Waals surface area contributed by atoms with Crippen LogP contribution in [0.2, 0.25) is 0 Å². The highest BCUT2D eigenvalue weighted by Crippen LogP contribution is 2.34. The third kappa shape index (κ3) is 7.05. The van der Waals surface area contributed by atoms with E-state index in [2.05, 4.69) is 10.3 Å². The Hall–Kier alpha value is -3.40. The van der Waals surface area contributed by atoms with Crippen molar-refractivity contribution in [1.29, 1.82) is 0 Å². The second-order valence-corrected chi connectivity index (χ2v) is 8.45. The van der Waals surface area contributed by atoms with E-state index in [9.17, 15) is 22.8 Å². The maximum atomic E-state index is 13.1. The van der Waals surface area contributed by atoms with Crippen LogP contribution in [0.5, 0.6) is 5.75 Å². The molecule has 0 aliphatic rings. The van der Waals surface area contributed by atoms with Crippen LogP contribution in [0, 0.1) is 6.92 Å². The van der Waals surface area contributed by atoms with Gasteiger partial charge < -0.3 is 15.0 Å². The summed E-state index contributed by atoms with van der Waals surface area (Å²) in [5, 5.41) is 4.71. The molecule has 1 heterocycles. The van der Waals surface area contributed by atoms with Crippen LogP contribution in [-0.4, -0.2) is 34.8 Å². The lowest BCUT2D eigenvalue weighted by Crippen LogP contribution is -2.39. The van der Waals surface area contributed by atoms with Crippen molar-refractivity contribution in [3.63, 3.8) is 0 Å². The van der Waals surface area contributed by atoms with Crippen LogP contribution in [-0.2, 0) is 28.8 Å². The van der Waals surface area contributed by atoms with Gasteiger partial charge in [-0.15, -0.1) is 11.3 Å². The van der Waals surface area contributed by atoms with Gasteiger partial charge in [0.25, 0.3) is 0 Å². The van der Waals surface area contributed by atoms with E-state index in [1.807, 2.05) is 31.2 Å². The Balaban J connectivity index is 1.55. The molecule has 0 unspecified atom stereocenters. The zero-order valence-corrected chi connectivity index (χ0v) is 19.5. The third-order valence-electron chi connectivity index (χ3n) is 4.89. The van der Waals surface area contributed by atoms with E-state index in [-0.39, 0.29) is 37.7 Å². The van der Waals surface area contributed by atoms with Gasteiger partial charge in [0.05, 0.1) is 29.9 Å². The van der Waals surface area contributed by atoms with Crippen LogP contribution >= 0.6 is 11.3 Å². The number of rotatable bonds is 9. The van der Waals surface area contributed by atoms with E-state index in [0.29, 0.717) is 16.5 Å². The molecule has 0 saturated heterocycles. The highest BCUT2D eigenvalue weighted by atomic mass is 32.1. The van der Waals surface area contributed by atoms with Crippen LogP contribution in [0.3, 0.4) is 0 Å². The predicted octanol–water partition coefficient (Wildman–Crippen LogP) is 5.08. The highest BCUT2D eigenvalue weighted by Gasteiger charge is 2.33. The number of likely N-dealkylation sites (N-methyl/N-ethyl adjacent to an activating group) is 1. The number of ether oxygens (including phenoxy) is 1. The highest BCUT2D eigenvalue weighted by molar-refractivity contribution is 7.09. The summed E-state index contributed by atoms with van der Waals surface area (Å²) in [4.78, 5) is 30.7. The average Bonchev–Trinajstić information content (AvgIpc) is 3.24. The van der Waals surface area contributed by atoms with Gasteiger partial charge in [0, 0.05) is 11.9 Å². The standard InChI is InChI=1S/C24H24F3N3O3S/c1-3-30(13-21(31)29-20-7-5-4-6-19(20)24(25,26)27)23(32)12-17-15-34-22(28-17)14-33-18-10-8-16(2)9-11-18/h4-11,15H,3,12-14H2,1-2H3,(H,29,31). The number of thiazole rings is 1. The Morgan fingerprint density at radius 3 is 2.50 bits per heavy atom. The summed E-state index contributed by atoms with van der Waals surface area (Å²) in [7, 11) is 0. The molecule has 10 heteroatoms. The Morgan fingerprint density at radius 1 is 1.12 bits per heavy atom. The number of aryl methyl sites for hydroxylation is 1. The van der Waals surface area contributed by atoms with Crippen molar-refractivity contribution in [2.75, 3.05) is 18.4 Å². The van der Waals surface area contributed by atoms with Gasteiger partial charge >= 0.3 is 6.18 Å². The predicted molar refractivity (Wildman–Crippen MR) is 124 cm³/mol. The molecule has 2 amide bonds. The molecular formula is C24H24F3N3O3S. The van der Waals surface area contributed by atoms with Crippen LogP contribution in [0.1, 0.15) is 28.8 Å². The van der Waals surface area contributed by atoms with Gasteiger partial charge in [0.2, 0.25) is 11.8 Å². The van der Waals surface area contributed by atoms with Crippen LogP contribution in [0.15, 0.2) is 53.9 Å². The average molecular weight is 492 g/mol. The molecule has 2 aromatic carbocycles. The molecule has 0 aliphatic heterocycles. The third-order valence-corrected chi connectivity index (χ3v) is 5.76. The Labute approximate surface area is 199 Å². The van der Waals surface area contributed by atoms with Crippen molar-refractivity contribution in [1.82, 2.24) is 9.88 Å². The molecule has 0 bridgehead atoms. The number of nitrogens with zero attached hydrogens (tertiary/aromatic N) is 2. The first-order valence-electron chi connectivity index (χ1n) is 10.5. The molecule has 0 spiro atoms. The fourth-order valence-electron chi connectivity index (χ4n) is 3.12. The van der Waals surface area contributed by atoms with E-state index in [1.54, 1.807) is 12.3 Å². The largest absolute Gasteiger partial charge is 0.486 e. The number of carbonyl (C=O) groups is 2. The minimum Gasteiger partial charge on any atom is -0.486 e. The fraction of sp³-hybridized carbons (Fsp3) is 0.292. The number of hydrogen-bond acceptors (Lipinski definition) is 5. The summed E-state index contributed by atoms with van der Waals surface area (Å²) in [5.41, 5.74) is 0.377. The van der Waals surface area contributed by atoms with Crippen molar-refractivity contribution in [3.05, 3.63) is 75.7 Å². The zero-order chi connectivity index (χ0) is 24.7. The van der Waals surface area contributed by atoms with Gasteiger partial charge in [-0.1, -0.05) is 29.8 Å². The fourth-order valence-corrected chi connectivity index (χ4v) is 3.83. The van der Waals surface area contributed by atoms with Crippen LogP contribution in [0.4, 0.5) is 18.9 Å². The molecule has 0 atom stereocenters. The van der Waals surface area contributed by atoms with Gasteiger partial charge in [0.15, 0.2) is 0 Å². The smallest absolute Gasteiger partial charge is 0.418 e. The minimum atomic E-state index is -4.60. The normalized spacial score (nSPS) is 11.2. The monoisotopic (exact) mass is 491 g/mol. The molecule has 0 aliphatic carbocycles. The summed E-state index contributed by atoms with van der Waals surface area (Å²) in [6.07, 6.45) is -4.63. The molecule has 3 rings (SSSR count). The number of anilines is 1. The molecule has 34 heavy (non-hydrogen) atoms. The van der Waals surface area contributed by atoms with Crippen molar-refractivity contribution < 1.29 is 27.5 Å². The zero-order valence-electron chi connectivity index (χ0n) is 18.7. The molecule has 6 nitrogen and oxygen atoms in total. The first-order valence-corrected chi connectivity index (χ1v) is 11.4. The van der Waals surface area contributed by atoms with E-state index < -0.39 is 17.6 Å². The lowest BCUT2D eigenvalue weighted by atomic mass is 10.1. The molecular weight excluding hydrogens is 467 g/mol. The molecule has 180 valence electrons. The first-order chi connectivity index (χ1) is 16.2. The van der Waals surface area contributed by atoms with Gasteiger partial charge in [-0.2, -0.15) is 13.2 Å². The lowest BCUT2D eigenvalue weighted by Gasteiger charge is -2.21. The number of hydrogen-bond donors (Lipinski definition) is 1. The number of alkyl halides is 3. The van der Waals surface area contributed by atoms with Gasteiger partial charge in [-0.3, -0.25) is 9.59 Å². The summed E-state index contributed by atoms with van der Waals surface area (Å²) in [6, 6.07) is 12.3. The summed E-state index contributed by atoms with van der Waals surface area (Å²) in [5.74, 6) is -0.343. The van der Waals surface area contributed by atoms with Crippen LogP contribution in [0.25, 0.3) is 0 Å². The SMILES string of the molecule is CCN(CC(=O)Nc1ccccc1C(F)(F)F)C(=O)Cc1csc(COc2ccc(C)cc2)n1. The maximum Gasteiger partial charge on any atom is 0.418 e. The topological polar surface area (TPSA) is 71.5 Å². The second-order valence-electron chi connectivity index (χ2n) is 7.51. The number of aromatic nitrogens is 1. The minimum absolute atomic E-state index is 0.0265. The van der Waals surface area contributed by atoms with E-state index in [4.69, 9.17) is 4.74 Å². The van der Waals surface area contributed by atoms with E-state index in [1.165, 1.54) is 34.4 Å². The Bertz CT molecular complexity index is 1130. The number of carbonyl (C=O) groups excluding carboxylic acids is 2. The Kier molecular flexibility index (Phi) is 8.27. The molecule has 1 aromatic heterocycles. The van der Waals surface area contributed by atoms with Crippen LogP contribution < -0.4 is 10.1 Å². The van der Waals surface area contributed by atoms with Gasteiger partial charge in [-0.25, -0.2) is 4.98 Å². The molecule has 1 N–H and O–H groups in total. The van der Waals surface area contributed by atoms with E-state index >= 15 is 0 Å². The Morgan fingerprint density at radius 2 is 1.82 bits per heavy atom. The van der Waals surface area contributed by atoms with Crippen molar-refractivity contribution in [2.24, 2.45) is 0 Å². The molecule has 0 radical (unpaired) electrons. The van der Waals surface area contributed by atoms with E-state index in [0.717, 1.165) is 11.6 Å². The number of halogens is 3. The summed E-state index contributed by atoms with van der Waals surface area (Å²) in [6.45, 7) is 3.80.